The highest BCUT2D eigenvalue weighted by atomic mass is 32.2. The topological polar surface area (TPSA) is 98.8 Å². The number of carbonyl (C=O) groups excluding carboxylic acids is 2. The Morgan fingerprint density at radius 3 is 2.24 bits per heavy atom. The number of carbonyl (C=O) groups is 2. The van der Waals surface area contributed by atoms with Crippen LogP contribution in [0.25, 0.3) is 0 Å². The number of nitrogens with one attached hydrogen (secondary N) is 2. The van der Waals surface area contributed by atoms with Crippen molar-refractivity contribution < 1.29 is 18.0 Å². The summed E-state index contributed by atoms with van der Waals surface area (Å²) in [7, 11) is -3.56. The van der Waals surface area contributed by atoms with Crippen molar-refractivity contribution >= 4 is 33.2 Å². The molecule has 0 spiro atoms. The Labute approximate surface area is 195 Å². The first-order chi connectivity index (χ1) is 15.8. The van der Waals surface area contributed by atoms with E-state index in [2.05, 4.69) is 22.5 Å². The van der Waals surface area contributed by atoms with Gasteiger partial charge in [0.1, 0.15) is 0 Å². The van der Waals surface area contributed by atoms with Gasteiger partial charge < -0.3 is 15.5 Å². The second kappa shape index (κ2) is 9.62. The SMILES string of the molecule is CCN1CCN(S(=O)(=O)c2ccc(NC(=O)c3cccc(NC(=O)C4CC4C)c3)cc2)CC1. The molecule has 2 amide bonds. The zero-order chi connectivity index (χ0) is 23.6. The van der Waals surface area contributed by atoms with E-state index in [1.165, 1.54) is 16.4 Å². The second-order valence-corrected chi connectivity index (χ2v) is 10.6. The maximum absolute atomic E-state index is 12.9. The van der Waals surface area contributed by atoms with Crippen LogP contribution < -0.4 is 10.6 Å². The van der Waals surface area contributed by atoms with Crippen molar-refractivity contribution in [2.45, 2.75) is 25.2 Å². The third-order valence-corrected chi connectivity index (χ3v) is 8.28. The number of likely N-dealkylation sites (N-methyl/N-ethyl adjacent to an activating group) is 1. The first-order valence-electron chi connectivity index (χ1n) is 11.3. The standard InChI is InChI=1S/C24H30N4O4S/c1-3-27-11-13-28(14-12-27)33(31,32)21-9-7-19(8-10-21)25-23(29)18-5-4-6-20(16-18)26-24(30)22-15-17(22)2/h4-10,16-17,22H,3,11-15H2,1-2H3,(H,25,29)(H,26,30). The number of rotatable bonds is 7. The largest absolute Gasteiger partial charge is 0.326 e. The van der Waals surface area contributed by atoms with Gasteiger partial charge in [-0.15, -0.1) is 0 Å². The number of piperazine rings is 1. The van der Waals surface area contributed by atoms with Gasteiger partial charge in [0.15, 0.2) is 0 Å². The molecule has 2 fully saturated rings. The number of anilines is 2. The van der Waals surface area contributed by atoms with E-state index in [4.69, 9.17) is 0 Å². The predicted molar refractivity (Wildman–Crippen MR) is 128 cm³/mol. The molecule has 176 valence electrons. The van der Waals surface area contributed by atoms with Crippen molar-refractivity contribution in [2.75, 3.05) is 43.4 Å². The van der Waals surface area contributed by atoms with E-state index in [9.17, 15) is 18.0 Å². The fourth-order valence-electron chi connectivity index (χ4n) is 4.01. The molecule has 1 heterocycles. The lowest BCUT2D eigenvalue weighted by Gasteiger charge is -2.33. The summed E-state index contributed by atoms with van der Waals surface area (Å²) in [4.78, 5) is 27.3. The maximum Gasteiger partial charge on any atom is 0.255 e. The lowest BCUT2D eigenvalue weighted by Crippen LogP contribution is -2.48. The maximum atomic E-state index is 12.9. The molecule has 2 N–H and O–H groups in total. The minimum absolute atomic E-state index is 0.0204. The van der Waals surface area contributed by atoms with Gasteiger partial charge in [0.2, 0.25) is 15.9 Å². The van der Waals surface area contributed by atoms with Gasteiger partial charge in [-0.2, -0.15) is 4.31 Å². The predicted octanol–water partition coefficient (Wildman–Crippen LogP) is 2.86. The highest BCUT2D eigenvalue weighted by molar-refractivity contribution is 7.89. The molecular weight excluding hydrogens is 440 g/mol. The fraction of sp³-hybridized carbons (Fsp3) is 0.417. The number of sulfonamides is 1. The highest BCUT2D eigenvalue weighted by Gasteiger charge is 2.39. The van der Waals surface area contributed by atoms with Crippen molar-refractivity contribution in [1.29, 1.82) is 0 Å². The summed E-state index contributed by atoms with van der Waals surface area (Å²) in [6, 6.07) is 13.0. The van der Waals surface area contributed by atoms with Gasteiger partial charge in [0, 0.05) is 49.0 Å². The number of benzene rings is 2. The van der Waals surface area contributed by atoms with Crippen molar-refractivity contribution in [2.24, 2.45) is 11.8 Å². The van der Waals surface area contributed by atoms with E-state index in [1.807, 2.05) is 6.92 Å². The molecule has 1 aliphatic heterocycles. The summed E-state index contributed by atoms with van der Waals surface area (Å²) in [6.07, 6.45) is 0.896. The lowest BCUT2D eigenvalue weighted by atomic mass is 10.1. The van der Waals surface area contributed by atoms with E-state index in [1.54, 1.807) is 36.4 Å². The molecule has 4 rings (SSSR count). The third-order valence-electron chi connectivity index (χ3n) is 6.37. The average Bonchev–Trinajstić information content (AvgIpc) is 3.56. The van der Waals surface area contributed by atoms with E-state index < -0.39 is 10.0 Å². The Balaban J connectivity index is 1.38. The smallest absolute Gasteiger partial charge is 0.255 e. The number of amides is 2. The first kappa shape index (κ1) is 23.4. The molecule has 2 atom stereocenters. The zero-order valence-electron chi connectivity index (χ0n) is 19.0. The molecule has 2 aliphatic rings. The van der Waals surface area contributed by atoms with E-state index >= 15 is 0 Å². The zero-order valence-corrected chi connectivity index (χ0v) is 19.8. The van der Waals surface area contributed by atoms with Crippen LogP contribution in [0.4, 0.5) is 11.4 Å². The minimum atomic E-state index is -3.56. The molecule has 2 aromatic rings. The van der Waals surface area contributed by atoms with Crippen LogP contribution in [0, 0.1) is 11.8 Å². The number of hydrogen-bond acceptors (Lipinski definition) is 5. The molecular formula is C24H30N4O4S. The van der Waals surface area contributed by atoms with E-state index in [-0.39, 0.29) is 22.6 Å². The minimum Gasteiger partial charge on any atom is -0.326 e. The van der Waals surface area contributed by atoms with E-state index in [0.717, 1.165) is 26.1 Å². The van der Waals surface area contributed by atoms with Crippen LogP contribution in [0.15, 0.2) is 53.4 Å². The summed E-state index contributed by atoms with van der Waals surface area (Å²) < 4.78 is 27.4. The molecule has 0 bridgehead atoms. The summed E-state index contributed by atoms with van der Waals surface area (Å²) in [6.45, 7) is 7.42. The monoisotopic (exact) mass is 470 g/mol. The fourth-order valence-corrected chi connectivity index (χ4v) is 5.43. The Morgan fingerprint density at radius 1 is 0.970 bits per heavy atom. The van der Waals surface area contributed by atoms with Gasteiger partial charge in [0.25, 0.3) is 5.91 Å². The van der Waals surface area contributed by atoms with Crippen molar-refractivity contribution in [3.05, 3.63) is 54.1 Å². The molecule has 1 aliphatic carbocycles. The molecule has 33 heavy (non-hydrogen) atoms. The van der Waals surface area contributed by atoms with Crippen LogP contribution in [0.2, 0.25) is 0 Å². The number of nitrogens with zero attached hydrogens (tertiary/aromatic N) is 2. The highest BCUT2D eigenvalue weighted by Crippen LogP contribution is 2.38. The third kappa shape index (κ3) is 5.43. The quantitative estimate of drug-likeness (QED) is 0.648. The second-order valence-electron chi connectivity index (χ2n) is 8.71. The van der Waals surface area contributed by atoms with Gasteiger partial charge in [-0.3, -0.25) is 9.59 Å². The molecule has 8 nitrogen and oxygen atoms in total. The van der Waals surface area contributed by atoms with Crippen LogP contribution in [-0.4, -0.2) is 62.2 Å². The number of hydrogen-bond donors (Lipinski definition) is 2. The molecule has 1 saturated carbocycles. The van der Waals surface area contributed by atoms with Crippen LogP contribution in [0.1, 0.15) is 30.6 Å². The average molecular weight is 471 g/mol. The van der Waals surface area contributed by atoms with Crippen LogP contribution in [0.5, 0.6) is 0 Å². The first-order valence-corrected chi connectivity index (χ1v) is 12.8. The molecule has 2 aromatic carbocycles. The van der Waals surface area contributed by atoms with E-state index in [0.29, 0.717) is 35.9 Å². The van der Waals surface area contributed by atoms with Crippen molar-refractivity contribution in [3.8, 4) is 0 Å². The van der Waals surface area contributed by atoms with Gasteiger partial charge >= 0.3 is 0 Å². The lowest BCUT2D eigenvalue weighted by molar-refractivity contribution is -0.117. The molecule has 9 heteroatoms. The molecule has 0 radical (unpaired) electrons. The van der Waals surface area contributed by atoms with Gasteiger partial charge in [-0.1, -0.05) is 19.9 Å². The Hall–Kier alpha value is -2.75. The van der Waals surface area contributed by atoms with Crippen LogP contribution in [0.3, 0.4) is 0 Å². The van der Waals surface area contributed by atoms with Gasteiger partial charge in [0.05, 0.1) is 4.90 Å². The normalized spacial score (nSPS) is 21.4. The molecule has 2 unspecified atom stereocenters. The van der Waals surface area contributed by atoms with Crippen molar-refractivity contribution in [3.63, 3.8) is 0 Å². The van der Waals surface area contributed by atoms with Crippen LogP contribution >= 0.6 is 0 Å². The summed E-state index contributed by atoms with van der Waals surface area (Å²) in [5, 5.41) is 5.65. The van der Waals surface area contributed by atoms with Crippen molar-refractivity contribution in [1.82, 2.24) is 9.21 Å². The van der Waals surface area contributed by atoms with Gasteiger partial charge in [-0.05, 0) is 61.3 Å². The van der Waals surface area contributed by atoms with Crippen LogP contribution in [-0.2, 0) is 14.8 Å². The Bertz CT molecular complexity index is 1130. The summed E-state index contributed by atoms with van der Waals surface area (Å²) in [5.41, 5.74) is 1.48. The Kier molecular flexibility index (Phi) is 6.83. The summed E-state index contributed by atoms with van der Waals surface area (Å²) >= 11 is 0. The molecule has 1 saturated heterocycles. The summed E-state index contributed by atoms with van der Waals surface area (Å²) in [5.74, 6) is 0.0992. The Morgan fingerprint density at radius 2 is 1.64 bits per heavy atom. The molecule has 0 aromatic heterocycles. The van der Waals surface area contributed by atoms with Gasteiger partial charge in [-0.25, -0.2) is 8.42 Å².